The molecule has 0 amide bonds. The van der Waals surface area contributed by atoms with E-state index in [0.29, 0.717) is 18.0 Å². The molecule has 0 unspecified atom stereocenters. The van der Waals surface area contributed by atoms with Crippen molar-refractivity contribution in [3.8, 4) is 5.75 Å². The number of aryl methyl sites for hydroxylation is 1. The van der Waals surface area contributed by atoms with Crippen molar-refractivity contribution >= 4 is 10.0 Å². The van der Waals surface area contributed by atoms with E-state index in [-0.39, 0.29) is 0 Å². The zero-order valence-corrected chi connectivity index (χ0v) is 12.1. The molecule has 0 aromatic heterocycles. The van der Waals surface area contributed by atoms with Crippen molar-refractivity contribution in [2.24, 2.45) is 0 Å². The number of hydrogen-bond acceptors (Lipinski definition) is 3. The van der Waals surface area contributed by atoms with E-state index in [1.54, 1.807) is 18.2 Å². The van der Waals surface area contributed by atoms with Crippen LogP contribution in [0.15, 0.2) is 23.1 Å². The largest absolute Gasteiger partial charge is 0.493 e. The summed E-state index contributed by atoms with van der Waals surface area (Å²) in [7, 11) is -3.38. The molecular formula is C14H21NO3S. The van der Waals surface area contributed by atoms with Crippen molar-refractivity contribution in [3.63, 3.8) is 0 Å². The monoisotopic (exact) mass is 283 g/mol. The van der Waals surface area contributed by atoms with Crippen LogP contribution in [0.3, 0.4) is 0 Å². The number of ether oxygens (including phenoxy) is 1. The van der Waals surface area contributed by atoms with Gasteiger partial charge in [0.25, 0.3) is 0 Å². The highest BCUT2D eigenvalue weighted by atomic mass is 32.2. The lowest BCUT2D eigenvalue weighted by Crippen LogP contribution is -2.25. The predicted molar refractivity (Wildman–Crippen MR) is 75.0 cm³/mol. The summed E-state index contributed by atoms with van der Waals surface area (Å²) in [5, 5.41) is 0. The normalized spacial score (nSPS) is 14.8. The Kier molecular flexibility index (Phi) is 4.82. The molecular weight excluding hydrogens is 262 g/mol. The molecule has 1 aliphatic rings. The fourth-order valence-corrected chi connectivity index (χ4v) is 3.29. The van der Waals surface area contributed by atoms with E-state index in [0.717, 1.165) is 43.4 Å². The van der Waals surface area contributed by atoms with Crippen LogP contribution in [0.5, 0.6) is 5.75 Å². The van der Waals surface area contributed by atoms with Gasteiger partial charge in [0.15, 0.2) is 0 Å². The maximum Gasteiger partial charge on any atom is 0.240 e. The Balaban J connectivity index is 2.07. The van der Waals surface area contributed by atoms with Crippen LogP contribution >= 0.6 is 0 Å². The van der Waals surface area contributed by atoms with Gasteiger partial charge in [0, 0.05) is 6.54 Å². The van der Waals surface area contributed by atoms with Gasteiger partial charge in [-0.05, 0) is 43.0 Å². The Morgan fingerprint density at radius 3 is 2.95 bits per heavy atom. The molecule has 1 aliphatic heterocycles. The first kappa shape index (κ1) is 14.3. The number of hydrogen-bond donors (Lipinski definition) is 1. The molecule has 2 rings (SSSR count). The van der Waals surface area contributed by atoms with E-state index in [1.165, 1.54) is 0 Å². The van der Waals surface area contributed by atoms with Crippen molar-refractivity contribution in [2.75, 3.05) is 13.2 Å². The Morgan fingerprint density at radius 2 is 2.16 bits per heavy atom. The summed E-state index contributed by atoms with van der Waals surface area (Å²) < 4.78 is 32.4. The van der Waals surface area contributed by atoms with E-state index < -0.39 is 10.0 Å². The first-order valence-electron chi connectivity index (χ1n) is 6.89. The van der Waals surface area contributed by atoms with Crippen LogP contribution in [0.4, 0.5) is 0 Å². The molecule has 1 aromatic carbocycles. The summed E-state index contributed by atoms with van der Waals surface area (Å²) in [5.74, 6) is 0.816. The van der Waals surface area contributed by atoms with Crippen molar-refractivity contribution in [2.45, 2.75) is 43.9 Å². The van der Waals surface area contributed by atoms with Crippen molar-refractivity contribution in [1.29, 1.82) is 0 Å². The lowest BCUT2D eigenvalue weighted by atomic mass is 10.1. The third-order valence-corrected chi connectivity index (χ3v) is 4.72. The molecule has 1 N–H and O–H groups in total. The quantitative estimate of drug-likeness (QED) is 0.816. The lowest BCUT2D eigenvalue weighted by molar-refractivity contribution is 0.288. The van der Waals surface area contributed by atoms with E-state index in [4.69, 9.17) is 4.74 Å². The Hall–Kier alpha value is -1.07. The molecule has 5 heteroatoms. The van der Waals surface area contributed by atoms with Crippen LogP contribution in [-0.2, 0) is 16.4 Å². The van der Waals surface area contributed by atoms with Gasteiger partial charge in [-0.25, -0.2) is 13.1 Å². The van der Waals surface area contributed by atoms with Crippen molar-refractivity contribution < 1.29 is 13.2 Å². The Morgan fingerprint density at radius 1 is 1.32 bits per heavy atom. The van der Waals surface area contributed by atoms with E-state index in [1.807, 2.05) is 0 Å². The summed E-state index contributed by atoms with van der Waals surface area (Å²) >= 11 is 0. The van der Waals surface area contributed by atoms with Gasteiger partial charge in [-0.2, -0.15) is 0 Å². The van der Waals surface area contributed by atoms with Gasteiger partial charge < -0.3 is 4.74 Å². The van der Waals surface area contributed by atoms with Crippen LogP contribution < -0.4 is 9.46 Å². The average Bonchev–Trinajstić information content (AvgIpc) is 2.43. The van der Waals surface area contributed by atoms with Gasteiger partial charge in [0.2, 0.25) is 10.0 Å². The van der Waals surface area contributed by atoms with Gasteiger partial charge in [-0.15, -0.1) is 0 Å². The molecule has 0 fully saturated rings. The van der Waals surface area contributed by atoms with Gasteiger partial charge in [0.1, 0.15) is 5.75 Å². The zero-order chi connectivity index (χ0) is 13.7. The third-order valence-electron chi connectivity index (χ3n) is 3.26. The predicted octanol–water partition coefficient (Wildman–Crippen LogP) is 2.48. The minimum atomic E-state index is -3.38. The molecule has 0 atom stereocenters. The second-order valence-electron chi connectivity index (χ2n) is 4.83. The van der Waals surface area contributed by atoms with Crippen LogP contribution in [0.2, 0.25) is 0 Å². The summed E-state index contributed by atoms with van der Waals surface area (Å²) in [6, 6.07) is 5.11. The van der Waals surface area contributed by atoms with E-state index >= 15 is 0 Å². The molecule has 0 saturated heterocycles. The number of sulfonamides is 1. The molecule has 4 nitrogen and oxygen atoms in total. The number of fused-ring (bicyclic) bond motifs is 1. The minimum absolute atomic E-state index is 0.341. The first-order chi connectivity index (χ1) is 9.13. The van der Waals surface area contributed by atoms with Crippen molar-refractivity contribution in [3.05, 3.63) is 23.8 Å². The van der Waals surface area contributed by atoms with Crippen LogP contribution in [0.25, 0.3) is 0 Å². The SMILES string of the molecule is CCCCCNS(=O)(=O)c1ccc2c(c1)CCCO2. The van der Waals surface area contributed by atoms with Gasteiger partial charge in [-0.3, -0.25) is 0 Å². The van der Waals surface area contributed by atoms with Crippen LogP contribution in [-0.4, -0.2) is 21.6 Å². The number of unbranched alkanes of at least 4 members (excludes halogenated alkanes) is 2. The van der Waals surface area contributed by atoms with Crippen LogP contribution in [0, 0.1) is 0 Å². The summed E-state index contributed by atoms with van der Waals surface area (Å²) in [6.45, 7) is 3.32. The summed E-state index contributed by atoms with van der Waals surface area (Å²) in [5.41, 5.74) is 0.989. The number of nitrogens with one attached hydrogen (secondary N) is 1. The van der Waals surface area contributed by atoms with Crippen molar-refractivity contribution in [1.82, 2.24) is 4.72 Å². The lowest BCUT2D eigenvalue weighted by Gasteiger charge is -2.18. The van der Waals surface area contributed by atoms with E-state index in [2.05, 4.69) is 11.6 Å². The smallest absolute Gasteiger partial charge is 0.240 e. The molecule has 0 saturated carbocycles. The van der Waals surface area contributed by atoms with Gasteiger partial charge >= 0.3 is 0 Å². The Bertz CT molecular complexity index is 525. The molecule has 0 aliphatic carbocycles. The molecule has 0 radical (unpaired) electrons. The Labute approximate surface area is 115 Å². The second-order valence-corrected chi connectivity index (χ2v) is 6.59. The topological polar surface area (TPSA) is 55.4 Å². The molecule has 0 bridgehead atoms. The van der Waals surface area contributed by atoms with Gasteiger partial charge in [0.05, 0.1) is 11.5 Å². The molecule has 0 spiro atoms. The standard InChI is InChI=1S/C14H21NO3S/c1-2-3-4-9-15-19(16,17)13-7-8-14-12(11-13)6-5-10-18-14/h7-8,11,15H,2-6,9-10H2,1H3. The van der Waals surface area contributed by atoms with Gasteiger partial charge in [-0.1, -0.05) is 19.8 Å². The highest BCUT2D eigenvalue weighted by Gasteiger charge is 2.17. The maximum atomic E-state index is 12.1. The highest BCUT2D eigenvalue weighted by Crippen LogP contribution is 2.27. The molecule has 19 heavy (non-hydrogen) atoms. The third kappa shape index (κ3) is 3.70. The average molecular weight is 283 g/mol. The van der Waals surface area contributed by atoms with E-state index in [9.17, 15) is 8.42 Å². The first-order valence-corrected chi connectivity index (χ1v) is 8.37. The number of benzene rings is 1. The fourth-order valence-electron chi connectivity index (χ4n) is 2.17. The summed E-state index contributed by atoms with van der Waals surface area (Å²) in [6.07, 6.45) is 4.83. The highest BCUT2D eigenvalue weighted by molar-refractivity contribution is 7.89. The minimum Gasteiger partial charge on any atom is -0.493 e. The number of rotatable bonds is 6. The molecule has 106 valence electrons. The molecule has 1 aromatic rings. The van der Waals surface area contributed by atoms with Crippen LogP contribution in [0.1, 0.15) is 38.2 Å². The molecule has 1 heterocycles. The second kappa shape index (κ2) is 6.39. The summed E-state index contributed by atoms with van der Waals surface area (Å²) in [4.78, 5) is 0.341. The maximum absolute atomic E-state index is 12.1. The zero-order valence-electron chi connectivity index (χ0n) is 11.3. The fraction of sp³-hybridized carbons (Fsp3) is 0.571.